The fraction of sp³-hybridized carbons (Fsp3) is 0.217. The van der Waals surface area contributed by atoms with E-state index in [4.69, 9.17) is 4.42 Å². The van der Waals surface area contributed by atoms with Gasteiger partial charge in [0.1, 0.15) is 5.58 Å². The second-order valence-electron chi connectivity index (χ2n) is 6.93. The van der Waals surface area contributed by atoms with Crippen molar-refractivity contribution in [3.63, 3.8) is 0 Å². The monoisotopic (exact) mass is 455 g/mol. The van der Waals surface area contributed by atoms with Gasteiger partial charge in [-0.2, -0.15) is 0 Å². The van der Waals surface area contributed by atoms with Crippen molar-refractivity contribution in [2.24, 2.45) is 0 Å². The molecular weight excluding hydrogens is 433 g/mol. The van der Waals surface area contributed by atoms with Crippen LogP contribution in [-0.4, -0.2) is 0 Å². The lowest BCUT2D eigenvalue weighted by atomic mass is 10.0. The van der Waals surface area contributed by atoms with E-state index in [9.17, 15) is 0 Å². The van der Waals surface area contributed by atoms with E-state index in [0.717, 1.165) is 29.0 Å². The first kappa shape index (κ1) is 17.4. The number of halogens is 1. The van der Waals surface area contributed by atoms with Crippen LogP contribution in [-0.2, 0) is 6.42 Å². The molecule has 0 atom stereocenters. The summed E-state index contributed by atoms with van der Waals surface area (Å²) in [5.74, 6) is 0.540. The Morgan fingerprint density at radius 2 is 1.54 bits per heavy atom. The predicted octanol–water partition coefficient (Wildman–Crippen LogP) is 7.76. The van der Waals surface area contributed by atoms with Crippen molar-refractivity contribution in [2.45, 2.75) is 33.1 Å². The first-order valence-electron chi connectivity index (χ1n) is 9.09. The topological polar surface area (TPSA) is 16.4 Å². The minimum Gasteiger partial charge on any atom is -0.454 e. The first-order valence-corrected chi connectivity index (χ1v) is 10.1. The molecule has 0 radical (unpaired) electrons. The smallest absolute Gasteiger partial charge is 0.159 e. The largest absolute Gasteiger partial charge is 0.454 e. The minimum absolute atomic E-state index is 0.540. The van der Waals surface area contributed by atoms with Crippen molar-refractivity contribution in [3.05, 3.63) is 71.8 Å². The molecule has 4 rings (SSSR count). The highest BCUT2D eigenvalue weighted by Gasteiger charge is 2.16. The molecule has 132 valence electrons. The molecule has 3 aromatic carbocycles. The number of hydrogen-bond acceptors (Lipinski definition) is 2. The summed E-state index contributed by atoms with van der Waals surface area (Å²) in [6.07, 6.45) is 0.969. The molecule has 0 saturated carbocycles. The second-order valence-corrected chi connectivity index (χ2v) is 7.90. The molecule has 4 aromatic rings. The van der Waals surface area contributed by atoms with Crippen molar-refractivity contribution in [2.75, 3.05) is 3.11 Å². The summed E-state index contributed by atoms with van der Waals surface area (Å²) < 4.78 is 8.54. The third-order valence-corrected chi connectivity index (χ3v) is 6.04. The van der Waals surface area contributed by atoms with E-state index < -0.39 is 0 Å². The molecule has 0 aliphatic carbocycles. The van der Waals surface area contributed by atoms with E-state index in [1.54, 1.807) is 0 Å². The van der Waals surface area contributed by atoms with Crippen LogP contribution in [0.3, 0.4) is 0 Å². The summed E-state index contributed by atoms with van der Waals surface area (Å²) in [5.41, 5.74) is 6.81. The molecule has 1 aromatic heterocycles. The summed E-state index contributed by atoms with van der Waals surface area (Å²) in [5, 5.41) is 2.37. The van der Waals surface area contributed by atoms with Crippen LogP contribution in [0.4, 0.5) is 11.4 Å². The molecule has 3 heteroatoms. The van der Waals surface area contributed by atoms with Crippen LogP contribution >= 0.6 is 22.9 Å². The van der Waals surface area contributed by atoms with E-state index in [2.05, 4.69) is 107 Å². The van der Waals surface area contributed by atoms with Crippen molar-refractivity contribution in [1.82, 2.24) is 0 Å². The van der Waals surface area contributed by atoms with E-state index in [-0.39, 0.29) is 0 Å². The number of furan rings is 1. The van der Waals surface area contributed by atoms with Gasteiger partial charge < -0.3 is 4.42 Å². The molecule has 2 nitrogen and oxygen atoms in total. The van der Waals surface area contributed by atoms with Crippen molar-refractivity contribution >= 4 is 56.2 Å². The summed E-state index contributed by atoms with van der Waals surface area (Å²) in [6, 6.07) is 21.6. The van der Waals surface area contributed by atoms with Crippen molar-refractivity contribution in [3.8, 4) is 0 Å². The molecule has 0 N–H and O–H groups in total. The van der Waals surface area contributed by atoms with Gasteiger partial charge >= 0.3 is 0 Å². The number of benzene rings is 3. The number of nitrogens with zero attached hydrogens (tertiary/aromatic N) is 1. The molecule has 0 amide bonds. The van der Waals surface area contributed by atoms with Gasteiger partial charge in [0.15, 0.2) is 5.58 Å². The average Bonchev–Trinajstić information content (AvgIpc) is 3.06. The summed E-state index contributed by atoms with van der Waals surface area (Å²) in [4.78, 5) is 0. The average molecular weight is 455 g/mol. The lowest BCUT2D eigenvalue weighted by Gasteiger charge is -2.18. The zero-order chi connectivity index (χ0) is 18.3. The van der Waals surface area contributed by atoms with Crippen LogP contribution in [0.15, 0.2) is 65.1 Å². The standard InChI is InChI=1S/C23H22INO/c1-4-16-7-5-8-19-20-9-6-10-21(23(20)26-22(16)19)25(24)18-13-11-17(12-14-18)15(2)3/h5-15H,4H2,1-3H3. The molecule has 1 heterocycles. The normalized spacial score (nSPS) is 11.6. The van der Waals surface area contributed by atoms with Crippen LogP contribution in [0, 0.1) is 0 Å². The van der Waals surface area contributed by atoms with Gasteiger partial charge in [-0.05, 0) is 41.7 Å². The Morgan fingerprint density at radius 3 is 2.19 bits per heavy atom. The van der Waals surface area contributed by atoms with Crippen molar-refractivity contribution < 1.29 is 4.42 Å². The SMILES string of the molecule is CCc1cccc2c1oc1c(N(I)c3ccc(C(C)C)cc3)cccc12. The van der Waals surface area contributed by atoms with Gasteiger partial charge in [0.25, 0.3) is 0 Å². The highest BCUT2D eigenvalue weighted by molar-refractivity contribution is 14.1. The van der Waals surface area contributed by atoms with Crippen LogP contribution < -0.4 is 3.11 Å². The predicted molar refractivity (Wildman–Crippen MR) is 120 cm³/mol. The molecule has 0 spiro atoms. The number of aryl methyl sites for hydroxylation is 1. The Balaban J connectivity index is 1.85. The summed E-state index contributed by atoms with van der Waals surface area (Å²) in [6.45, 7) is 6.61. The molecular formula is C23H22INO. The molecule has 0 aliphatic heterocycles. The maximum Gasteiger partial charge on any atom is 0.159 e. The Hall–Kier alpha value is -2.01. The van der Waals surface area contributed by atoms with Gasteiger partial charge in [0.2, 0.25) is 0 Å². The van der Waals surface area contributed by atoms with E-state index in [1.165, 1.54) is 21.9 Å². The van der Waals surface area contributed by atoms with E-state index >= 15 is 0 Å². The van der Waals surface area contributed by atoms with Gasteiger partial charge in [0.05, 0.1) is 34.2 Å². The molecule has 0 aliphatic rings. The zero-order valence-electron chi connectivity index (χ0n) is 15.3. The lowest BCUT2D eigenvalue weighted by Crippen LogP contribution is -2.01. The van der Waals surface area contributed by atoms with E-state index in [0.29, 0.717) is 5.92 Å². The Bertz CT molecular complexity index is 1060. The van der Waals surface area contributed by atoms with Gasteiger partial charge in [-0.15, -0.1) is 0 Å². The number of anilines is 2. The number of fused-ring (bicyclic) bond motifs is 3. The maximum atomic E-state index is 6.36. The number of para-hydroxylation sites is 2. The zero-order valence-corrected chi connectivity index (χ0v) is 17.4. The minimum atomic E-state index is 0.540. The molecule has 0 bridgehead atoms. The highest BCUT2D eigenvalue weighted by Crippen LogP contribution is 2.40. The van der Waals surface area contributed by atoms with Crippen LogP contribution in [0.2, 0.25) is 0 Å². The molecule has 0 unspecified atom stereocenters. The van der Waals surface area contributed by atoms with Crippen molar-refractivity contribution in [1.29, 1.82) is 0 Å². The van der Waals surface area contributed by atoms with Crippen LogP contribution in [0.25, 0.3) is 21.9 Å². The Kier molecular flexibility index (Phi) is 4.65. The van der Waals surface area contributed by atoms with Crippen LogP contribution in [0.5, 0.6) is 0 Å². The summed E-state index contributed by atoms with van der Waals surface area (Å²) >= 11 is 2.37. The second kappa shape index (κ2) is 6.95. The maximum absolute atomic E-state index is 6.36. The van der Waals surface area contributed by atoms with Gasteiger partial charge in [-0.1, -0.05) is 63.2 Å². The van der Waals surface area contributed by atoms with Gasteiger partial charge in [-0.3, -0.25) is 3.11 Å². The highest BCUT2D eigenvalue weighted by atomic mass is 127. The molecule has 26 heavy (non-hydrogen) atoms. The van der Waals surface area contributed by atoms with E-state index in [1.807, 2.05) is 0 Å². The first-order chi connectivity index (χ1) is 12.6. The Morgan fingerprint density at radius 1 is 0.885 bits per heavy atom. The number of rotatable bonds is 4. The van der Waals surface area contributed by atoms with Crippen LogP contribution in [0.1, 0.15) is 37.8 Å². The third kappa shape index (κ3) is 2.88. The quantitative estimate of drug-likeness (QED) is 0.231. The molecule has 0 saturated heterocycles. The third-order valence-electron chi connectivity index (χ3n) is 4.96. The molecule has 0 fully saturated rings. The Labute approximate surface area is 168 Å². The number of hydrogen-bond donors (Lipinski definition) is 0. The van der Waals surface area contributed by atoms with Gasteiger partial charge in [-0.25, -0.2) is 0 Å². The fourth-order valence-electron chi connectivity index (χ4n) is 3.43. The van der Waals surface area contributed by atoms with Gasteiger partial charge in [0, 0.05) is 10.8 Å². The fourth-order valence-corrected chi connectivity index (χ4v) is 4.13. The summed E-state index contributed by atoms with van der Waals surface area (Å²) in [7, 11) is 0. The lowest BCUT2D eigenvalue weighted by molar-refractivity contribution is 0.664.